The number of amides is 4. The fourth-order valence-corrected chi connectivity index (χ4v) is 5.26. The molecule has 4 amide bonds. The number of anilines is 2. The number of hydrogen-bond acceptors (Lipinski definition) is 4. The minimum Gasteiger partial charge on any atom is -0.497 e. The van der Waals surface area contributed by atoms with Crippen molar-refractivity contribution in [3.63, 3.8) is 0 Å². The van der Waals surface area contributed by atoms with Crippen molar-refractivity contribution in [2.75, 3.05) is 37.4 Å². The number of likely N-dealkylation sites (tertiary alicyclic amines) is 2. The molecule has 0 bridgehead atoms. The first-order valence-corrected chi connectivity index (χ1v) is 12.8. The fourth-order valence-electron chi connectivity index (χ4n) is 4.54. The molecular formula is C25H28BrClN4O4. The van der Waals surface area contributed by atoms with Gasteiger partial charge in [0.15, 0.2) is 0 Å². The lowest BCUT2D eigenvalue weighted by molar-refractivity contribution is -0.138. The Hall–Kier alpha value is -2.78. The predicted octanol–water partition coefficient (Wildman–Crippen LogP) is 4.98. The van der Waals surface area contributed by atoms with Crippen LogP contribution in [0, 0.1) is 5.92 Å². The Morgan fingerprint density at radius 1 is 1.00 bits per heavy atom. The normalized spacial score (nSPS) is 18.3. The average Bonchev–Trinajstić information content (AvgIpc) is 3.36. The van der Waals surface area contributed by atoms with Gasteiger partial charge in [-0.05, 0) is 68.1 Å². The summed E-state index contributed by atoms with van der Waals surface area (Å²) < 4.78 is 5.96. The molecule has 10 heteroatoms. The van der Waals surface area contributed by atoms with Crippen LogP contribution in [0.25, 0.3) is 0 Å². The lowest BCUT2D eigenvalue weighted by Gasteiger charge is -2.35. The molecular weight excluding hydrogens is 536 g/mol. The van der Waals surface area contributed by atoms with Crippen molar-refractivity contribution >= 4 is 56.8 Å². The minimum absolute atomic E-state index is 0.0458. The Labute approximate surface area is 218 Å². The number of nitrogens with one attached hydrogen (secondary N) is 2. The maximum Gasteiger partial charge on any atom is 0.322 e. The van der Waals surface area contributed by atoms with Gasteiger partial charge in [-0.2, -0.15) is 0 Å². The van der Waals surface area contributed by atoms with E-state index >= 15 is 0 Å². The van der Waals surface area contributed by atoms with Crippen molar-refractivity contribution in [3.8, 4) is 5.75 Å². The van der Waals surface area contributed by atoms with E-state index in [2.05, 4.69) is 26.6 Å². The van der Waals surface area contributed by atoms with E-state index in [9.17, 15) is 14.4 Å². The van der Waals surface area contributed by atoms with Gasteiger partial charge in [-0.1, -0.05) is 27.5 Å². The van der Waals surface area contributed by atoms with Gasteiger partial charge < -0.3 is 25.2 Å². The van der Waals surface area contributed by atoms with Crippen LogP contribution >= 0.6 is 27.5 Å². The van der Waals surface area contributed by atoms with Crippen LogP contribution in [-0.2, 0) is 9.59 Å². The van der Waals surface area contributed by atoms with Gasteiger partial charge in [0.1, 0.15) is 11.8 Å². The van der Waals surface area contributed by atoms with Crippen LogP contribution in [0.4, 0.5) is 16.2 Å². The molecule has 0 radical (unpaired) electrons. The third-order valence-electron chi connectivity index (χ3n) is 6.51. The lowest BCUT2D eigenvalue weighted by atomic mass is 9.95. The van der Waals surface area contributed by atoms with E-state index in [1.165, 1.54) is 0 Å². The van der Waals surface area contributed by atoms with Gasteiger partial charge in [-0.15, -0.1) is 0 Å². The van der Waals surface area contributed by atoms with Crippen LogP contribution in [0.15, 0.2) is 46.9 Å². The number of carbonyl (C=O) groups is 3. The molecule has 2 aromatic rings. The highest BCUT2D eigenvalue weighted by atomic mass is 79.9. The second-order valence-electron chi connectivity index (χ2n) is 8.72. The van der Waals surface area contributed by atoms with Crippen LogP contribution in [0.3, 0.4) is 0 Å². The van der Waals surface area contributed by atoms with Crippen molar-refractivity contribution < 1.29 is 19.1 Å². The third kappa shape index (κ3) is 6.08. The van der Waals surface area contributed by atoms with Crippen molar-refractivity contribution in [1.29, 1.82) is 0 Å². The van der Waals surface area contributed by atoms with E-state index in [-0.39, 0.29) is 23.8 Å². The Balaban J connectivity index is 1.30. The molecule has 186 valence electrons. The number of halogens is 2. The van der Waals surface area contributed by atoms with Crippen LogP contribution in [0.1, 0.15) is 25.7 Å². The largest absolute Gasteiger partial charge is 0.497 e. The van der Waals surface area contributed by atoms with Gasteiger partial charge in [0.2, 0.25) is 11.8 Å². The van der Waals surface area contributed by atoms with Crippen LogP contribution in [0.5, 0.6) is 5.75 Å². The summed E-state index contributed by atoms with van der Waals surface area (Å²) in [5, 5.41) is 6.19. The molecule has 8 nitrogen and oxygen atoms in total. The number of carbonyl (C=O) groups excluding carboxylic acids is 3. The van der Waals surface area contributed by atoms with Gasteiger partial charge >= 0.3 is 6.03 Å². The summed E-state index contributed by atoms with van der Waals surface area (Å²) in [7, 11) is 1.60. The first kappa shape index (κ1) is 25.3. The molecule has 35 heavy (non-hydrogen) atoms. The van der Waals surface area contributed by atoms with E-state index in [4.69, 9.17) is 16.3 Å². The number of piperidine rings is 1. The topological polar surface area (TPSA) is 91.0 Å². The van der Waals surface area contributed by atoms with Crippen molar-refractivity contribution in [3.05, 3.63) is 52.0 Å². The van der Waals surface area contributed by atoms with Gasteiger partial charge in [0.05, 0.1) is 17.8 Å². The first-order valence-electron chi connectivity index (χ1n) is 11.6. The van der Waals surface area contributed by atoms with Gasteiger partial charge in [0.25, 0.3) is 0 Å². The smallest absolute Gasteiger partial charge is 0.322 e. The first-order chi connectivity index (χ1) is 16.9. The zero-order valence-electron chi connectivity index (χ0n) is 19.4. The Bertz CT molecular complexity index is 1090. The number of methoxy groups -OCH3 is 1. The zero-order chi connectivity index (χ0) is 24.9. The number of urea groups is 1. The number of rotatable bonds is 5. The molecule has 0 unspecified atom stereocenters. The third-order valence-corrected chi connectivity index (χ3v) is 7.31. The number of nitrogens with zero attached hydrogens (tertiary/aromatic N) is 2. The number of ether oxygens (including phenoxy) is 1. The Morgan fingerprint density at radius 3 is 2.37 bits per heavy atom. The standard InChI is InChI=1S/C25H28BrClN4O4/c1-35-19-7-5-18(6-8-19)28-23(32)16-10-13-30(14-11-16)24(33)22-3-2-12-31(22)25(34)29-21-9-4-17(26)15-20(21)27/h4-9,15-16,22H,2-3,10-14H2,1H3,(H,28,32)(H,29,34)/t22-/m0/s1. The SMILES string of the molecule is COc1ccc(NC(=O)C2CCN(C(=O)[C@@H]3CCCN3C(=O)Nc3ccc(Br)cc3Cl)CC2)cc1. The summed E-state index contributed by atoms with van der Waals surface area (Å²) in [5.41, 5.74) is 1.22. The molecule has 2 N–H and O–H groups in total. The molecule has 1 atom stereocenters. The second kappa shape index (κ2) is 11.3. The fraction of sp³-hybridized carbons (Fsp3) is 0.400. The second-order valence-corrected chi connectivity index (χ2v) is 10.0. The maximum absolute atomic E-state index is 13.3. The number of benzene rings is 2. The summed E-state index contributed by atoms with van der Waals surface area (Å²) in [6.45, 7) is 1.49. The van der Waals surface area contributed by atoms with Crippen molar-refractivity contribution in [2.24, 2.45) is 5.92 Å². The van der Waals surface area contributed by atoms with Crippen LogP contribution in [0.2, 0.25) is 5.02 Å². The Morgan fingerprint density at radius 2 is 1.71 bits per heavy atom. The summed E-state index contributed by atoms with van der Waals surface area (Å²) in [5.74, 6) is 0.456. The molecule has 2 aromatic carbocycles. The van der Waals surface area contributed by atoms with E-state index in [1.807, 2.05) is 0 Å². The molecule has 0 aliphatic carbocycles. The zero-order valence-corrected chi connectivity index (χ0v) is 21.8. The maximum atomic E-state index is 13.3. The van der Waals surface area contributed by atoms with Crippen LogP contribution in [-0.4, -0.2) is 60.4 Å². The van der Waals surface area contributed by atoms with E-state index < -0.39 is 6.04 Å². The van der Waals surface area contributed by atoms with Crippen molar-refractivity contribution in [2.45, 2.75) is 31.7 Å². The quantitative estimate of drug-likeness (QED) is 0.537. The monoisotopic (exact) mass is 562 g/mol. The Kier molecular flexibility index (Phi) is 8.18. The molecule has 4 rings (SSSR count). The van der Waals surface area contributed by atoms with E-state index in [1.54, 1.807) is 59.4 Å². The number of hydrogen-bond donors (Lipinski definition) is 2. The molecule has 2 fully saturated rings. The molecule has 2 saturated heterocycles. The highest BCUT2D eigenvalue weighted by molar-refractivity contribution is 9.10. The summed E-state index contributed by atoms with van der Waals surface area (Å²) in [6, 6.07) is 11.6. The predicted molar refractivity (Wildman–Crippen MR) is 139 cm³/mol. The minimum atomic E-state index is -0.506. The molecule has 2 aliphatic heterocycles. The van der Waals surface area contributed by atoms with Crippen LogP contribution < -0.4 is 15.4 Å². The van der Waals surface area contributed by atoms with Gasteiger partial charge in [0, 0.05) is 35.7 Å². The van der Waals surface area contributed by atoms with Gasteiger partial charge in [-0.3, -0.25) is 9.59 Å². The molecule has 0 saturated carbocycles. The molecule has 2 heterocycles. The summed E-state index contributed by atoms with van der Waals surface area (Å²) in [6.07, 6.45) is 2.55. The molecule has 0 spiro atoms. The lowest BCUT2D eigenvalue weighted by Crippen LogP contribution is -2.51. The molecule has 0 aromatic heterocycles. The van der Waals surface area contributed by atoms with E-state index in [0.717, 1.165) is 16.6 Å². The average molecular weight is 564 g/mol. The van der Waals surface area contributed by atoms with Gasteiger partial charge in [-0.25, -0.2) is 4.79 Å². The summed E-state index contributed by atoms with van der Waals surface area (Å²) >= 11 is 9.58. The van der Waals surface area contributed by atoms with Crippen molar-refractivity contribution in [1.82, 2.24) is 9.80 Å². The van der Waals surface area contributed by atoms with E-state index in [0.29, 0.717) is 55.3 Å². The highest BCUT2D eigenvalue weighted by Gasteiger charge is 2.38. The highest BCUT2D eigenvalue weighted by Crippen LogP contribution is 2.28. The summed E-state index contributed by atoms with van der Waals surface area (Å²) in [4.78, 5) is 42.2. The molecule has 2 aliphatic rings.